The van der Waals surface area contributed by atoms with E-state index in [1.165, 1.54) is 5.56 Å². The fourth-order valence-electron chi connectivity index (χ4n) is 3.77. The van der Waals surface area contributed by atoms with Crippen molar-refractivity contribution in [3.05, 3.63) is 47.5 Å². The predicted molar refractivity (Wildman–Crippen MR) is 101 cm³/mol. The van der Waals surface area contributed by atoms with Gasteiger partial charge in [-0.05, 0) is 43.9 Å². The van der Waals surface area contributed by atoms with Gasteiger partial charge in [-0.3, -0.25) is 9.48 Å². The molecule has 1 fully saturated rings. The first kappa shape index (κ1) is 16.8. The van der Waals surface area contributed by atoms with Crippen LogP contribution in [0.1, 0.15) is 42.1 Å². The summed E-state index contributed by atoms with van der Waals surface area (Å²) in [4.78, 5) is 22.9. The number of carbonyl (C=O) groups excluding carboxylic acids is 1. The first-order chi connectivity index (χ1) is 12.6. The maximum absolute atomic E-state index is 12.6. The minimum atomic E-state index is 0.204. The molecule has 6 heteroatoms. The third-order valence-electron chi connectivity index (χ3n) is 5.21. The molecule has 1 saturated heterocycles. The molecule has 0 spiro atoms. The normalized spacial score (nSPS) is 17.8. The van der Waals surface area contributed by atoms with Gasteiger partial charge in [0.15, 0.2) is 0 Å². The summed E-state index contributed by atoms with van der Waals surface area (Å²) in [5.74, 6) is 1.50. The second-order valence-electron chi connectivity index (χ2n) is 7.30. The van der Waals surface area contributed by atoms with Gasteiger partial charge in [-0.25, -0.2) is 4.98 Å². The van der Waals surface area contributed by atoms with Crippen LogP contribution in [0.25, 0.3) is 11.0 Å². The van der Waals surface area contributed by atoms with Crippen molar-refractivity contribution < 1.29 is 4.79 Å². The number of H-pyrrole nitrogens is 1. The van der Waals surface area contributed by atoms with Gasteiger partial charge in [0, 0.05) is 38.2 Å². The fraction of sp³-hybridized carbons (Fsp3) is 0.450. The number of aromatic amines is 1. The molecule has 26 heavy (non-hydrogen) atoms. The summed E-state index contributed by atoms with van der Waals surface area (Å²) in [6, 6.07) is 6.20. The van der Waals surface area contributed by atoms with E-state index in [4.69, 9.17) is 4.98 Å². The summed E-state index contributed by atoms with van der Waals surface area (Å²) in [7, 11) is 0. The van der Waals surface area contributed by atoms with Gasteiger partial charge in [0.25, 0.3) is 0 Å². The molecule has 0 saturated carbocycles. The van der Waals surface area contributed by atoms with E-state index in [0.717, 1.165) is 48.4 Å². The highest BCUT2D eigenvalue weighted by atomic mass is 16.2. The number of hydrogen-bond acceptors (Lipinski definition) is 3. The third-order valence-corrected chi connectivity index (χ3v) is 5.21. The van der Waals surface area contributed by atoms with Gasteiger partial charge in [-0.15, -0.1) is 0 Å². The average Bonchev–Trinajstić information content (AvgIpc) is 3.27. The van der Waals surface area contributed by atoms with E-state index in [2.05, 4.69) is 29.1 Å². The average molecular weight is 351 g/mol. The smallest absolute Gasteiger partial charge is 0.224 e. The van der Waals surface area contributed by atoms with Gasteiger partial charge >= 0.3 is 0 Å². The van der Waals surface area contributed by atoms with E-state index in [0.29, 0.717) is 13.0 Å². The van der Waals surface area contributed by atoms with Gasteiger partial charge in [0.05, 0.1) is 17.2 Å². The number of imidazole rings is 1. The molecule has 2 aromatic heterocycles. The van der Waals surface area contributed by atoms with E-state index in [-0.39, 0.29) is 11.8 Å². The number of nitrogens with one attached hydrogen (secondary N) is 1. The Labute approximate surface area is 153 Å². The molecule has 1 unspecified atom stereocenters. The van der Waals surface area contributed by atoms with Crippen molar-refractivity contribution in [2.45, 2.75) is 45.6 Å². The minimum absolute atomic E-state index is 0.204. The van der Waals surface area contributed by atoms with Crippen molar-refractivity contribution in [1.29, 1.82) is 0 Å². The van der Waals surface area contributed by atoms with E-state index < -0.39 is 0 Å². The van der Waals surface area contributed by atoms with Crippen LogP contribution in [0.5, 0.6) is 0 Å². The summed E-state index contributed by atoms with van der Waals surface area (Å²) >= 11 is 0. The Morgan fingerprint density at radius 3 is 3.00 bits per heavy atom. The Kier molecular flexibility index (Phi) is 4.49. The number of likely N-dealkylation sites (tertiary alicyclic amines) is 1. The Hall–Kier alpha value is -2.63. The molecule has 1 atom stereocenters. The molecule has 0 bridgehead atoms. The highest BCUT2D eigenvalue weighted by molar-refractivity contribution is 5.79. The molecule has 6 nitrogen and oxygen atoms in total. The number of aromatic nitrogens is 4. The van der Waals surface area contributed by atoms with Crippen LogP contribution < -0.4 is 0 Å². The zero-order chi connectivity index (χ0) is 18.1. The molecule has 3 heterocycles. The summed E-state index contributed by atoms with van der Waals surface area (Å²) in [6.07, 6.45) is 6.38. The first-order valence-electron chi connectivity index (χ1n) is 9.32. The number of benzene rings is 1. The van der Waals surface area contributed by atoms with E-state index in [1.54, 1.807) is 0 Å². The van der Waals surface area contributed by atoms with Crippen LogP contribution in [0, 0.1) is 13.8 Å². The number of piperidine rings is 1. The largest absolute Gasteiger partial charge is 0.342 e. The summed E-state index contributed by atoms with van der Waals surface area (Å²) in [5.41, 5.74) is 4.43. The lowest BCUT2D eigenvalue weighted by Crippen LogP contribution is -2.39. The quantitative estimate of drug-likeness (QED) is 0.785. The fourth-order valence-corrected chi connectivity index (χ4v) is 3.77. The predicted octanol–water partition coefficient (Wildman–Crippen LogP) is 3.17. The second-order valence-corrected chi connectivity index (χ2v) is 7.30. The van der Waals surface area contributed by atoms with Crippen LogP contribution in [0.15, 0.2) is 30.6 Å². The van der Waals surface area contributed by atoms with Crippen molar-refractivity contribution in [1.82, 2.24) is 24.6 Å². The van der Waals surface area contributed by atoms with Gasteiger partial charge in [0.1, 0.15) is 5.82 Å². The molecular formula is C20H25N5O. The van der Waals surface area contributed by atoms with Crippen molar-refractivity contribution in [3.63, 3.8) is 0 Å². The molecular weight excluding hydrogens is 326 g/mol. The monoisotopic (exact) mass is 351 g/mol. The van der Waals surface area contributed by atoms with E-state index >= 15 is 0 Å². The molecule has 0 radical (unpaired) electrons. The number of nitrogens with zero attached hydrogens (tertiary/aromatic N) is 4. The molecule has 1 amide bonds. The van der Waals surface area contributed by atoms with Gasteiger partial charge in [-0.2, -0.15) is 5.10 Å². The first-order valence-corrected chi connectivity index (χ1v) is 9.32. The Morgan fingerprint density at radius 2 is 2.23 bits per heavy atom. The van der Waals surface area contributed by atoms with Crippen LogP contribution >= 0.6 is 0 Å². The molecule has 3 aromatic rings. The molecule has 136 valence electrons. The Bertz CT molecular complexity index is 925. The lowest BCUT2D eigenvalue weighted by Gasteiger charge is -2.32. The van der Waals surface area contributed by atoms with Gasteiger partial charge in [0.2, 0.25) is 5.91 Å². The maximum Gasteiger partial charge on any atom is 0.224 e. The Balaban J connectivity index is 1.42. The molecule has 0 aliphatic carbocycles. The van der Waals surface area contributed by atoms with Crippen LogP contribution in [0.4, 0.5) is 0 Å². The van der Waals surface area contributed by atoms with Crippen LogP contribution in [0.3, 0.4) is 0 Å². The topological polar surface area (TPSA) is 66.8 Å². The highest BCUT2D eigenvalue weighted by Gasteiger charge is 2.26. The third kappa shape index (κ3) is 3.36. The van der Waals surface area contributed by atoms with Crippen molar-refractivity contribution in [3.8, 4) is 0 Å². The number of amides is 1. The number of para-hydroxylation sites is 1. The number of rotatable bonds is 4. The highest BCUT2D eigenvalue weighted by Crippen LogP contribution is 2.28. The number of aryl methyl sites for hydroxylation is 3. The molecule has 1 N–H and O–H groups in total. The van der Waals surface area contributed by atoms with Gasteiger partial charge < -0.3 is 9.88 Å². The van der Waals surface area contributed by atoms with Crippen molar-refractivity contribution >= 4 is 16.9 Å². The molecule has 1 aromatic carbocycles. The zero-order valence-corrected chi connectivity index (χ0v) is 15.4. The number of carbonyl (C=O) groups is 1. The molecule has 4 rings (SSSR count). The van der Waals surface area contributed by atoms with Crippen LogP contribution in [0.2, 0.25) is 0 Å². The standard InChI is InChI=1S/C20H25N5O/c1-14-11-21-25(12-14)10-8-18(26)24-9-4-6-16(13-24)20-22-17-7-3-5-15(2)19(17)23-20/h3,5,7,11-12,16H,4,6,8-10,13H2,1-2H3,(H,22,23). The molecule has 1 aliphatic rings. The minimum Gasteiger partial charge on any atom is -0.342 e. The van der Waals surface area contributed by atoms with Crippen LogP contribution in [-0.2, 0) is 11.3 Å². The van der Waals surface area contributed by atoms with Crippen molar-refractivity contribution in [2.24, 2.45) is 0 Å². The maximum atomic E-state index is 12.6. The number of fused-ring (bicyclic) bond motifs is 1. The Morgan fingerprint density at radius 1 is 1.35 bits per heavy atom. The lowest BCUT2D eigenvalue weighted by atomic mass is 9.97. The second kappa shape index (κ2) is 6.94. The molecule has 1 aliphatic heterocycles. The number of hydrogen-bond donors (Lipinski definition) is 1. The van der Waals surface area contributed by atoms with E-state index in [9.17, 15) is 4.79 Å². The summed E-state index contributed by atoms with van der Waals surface area (Å²) in [5, 5.41) is 4.26. The lowest BCUT2D eigenvalue weighted by molar-refractivity contribution is -0.132. The zero-order valence-electron chi connectivity index (χ0n) is 15.4. The van der Waals surface area contributed by atoms with Gasteiger partial charge in [-0.1, -0.05) is 12.1 Å². The van der Waals surface area contributed by atoms with E-state index in [1.807, 2.05) is 35.0 Å². The summed E-state index contributed by atoms with van der Waals surface area (Å²) < 4.78 is 1.84. The summed E-state index contributed by atoms with van der Waals surface area (Å²) in [6.45, 7) is 6.32. The SMILES string of the molecule is Cc1cnn(CCC(=O)N2CCCC(c3nc4c(C)cccc4[nH]3)C2)c1. The van der Waals surface area contributed by atoms with Crippen molar-refractivity contribution in [2.75, 3.05) is 13.1 Å². The van der Waals surface area contributed by atoms with Crippen LogP contribution in [-0.4, -0.2) is 43.6 Å².